The SMILES string of the molecule is COc1cc(-c2cnn3cc(C(C)(C)C#N)ccc23)cc(OC(F)F)c1C(=O)C[C@H]1C[C@H]1F. The molecule has 1 fully saturated rings. The van der Waals surface area contributed by atoms with E-state index in [1.54, 1.807) is 49.0 Å². The van der Waals surface area contributed by atoms with Crippen molar-refractivity contribution in [1.29, 1.82) is 5.26 Å². The van der Waals surface area contributed by atoms with Crippen LogP contribution in [0.5, 0.6) is 11.5 Å². The number of rotatable bonds is 8. The van der Waals surface area contributed by atoms with E-state index in [9.17, 15) is 23.2 Å². The highest BCUT2D eigenvalue weighted by Crippen LogP contribution is 2.42. The monoisotopic (exact) mass is 457 g/mol. The van der Waals surface area contributed by atoms with Crippen LogP contribution in [0.2, 0.25) is 0 Å². The lowest BCUT2D eigenvalue weighted by Gasteiger charge is -2.16. The van der Waals surface area contributed by atoms with Gasteiger partial charge < -0.3 is 9.47 Å². The van der Waals surface area contributed by atoms with Gasteiger partial charge in [-0.1, -0.05) is 6.07 Å². The van der Waals surface area contributed by atoms with Crippen molar-refractivity contribution in [3.8, 4) is 28.7 Å². The Hall–Kier alpha value is -3.54. The van der Waals surface area contributed by atoms with E-state index in [0.29, 0.717) is 16.6 Å². The molecule has 2 heterocycles. The molecule has 0 spiro atoms. The van der Waals surface area contributed by atoms with Gasteiger partial charge in [-0.15, -0.1) is 0 Å². The Morgan fingerprint density at radius 2 is 2.03 bits per heavy atom. The Kier molecular flexibility index (Phi) is 5.78. The number of hydrogen-bond acceptors (Lipinski definition) is 5. The molecular formula is C24H22F3N3O3. The number of halogens is 3. The Morgan fingerprint density at radius 3 is 2.64 bits per heavy atom. The van der Waals surface area contributed by atoms with Crippen LogP contribution in [-0.2, 0) is 5.41 Å². The van der Waals surface area contributed by atoms with Gasteiger partial charge in [0, 0.05) is 24.1 Å². The molecule has 4 rings (SSSR count). The molecule has 0 amide bonds. The quantitative estimate of drug-likeness (QED) is 0.427. The van der Waals surface area contributed by atoms with Crippen molar-refractivity contribution in [2.75, 3.05) is 7.11 Å². The number of pyridine rings is 1. The lowest BCUT2D eigenvalue weighted by atomic mass is 9.87. The summed E-state index contributed by atoms with van der Waals surface area (Å²) in [6.45, 7) is 0.422. The number of carbonyl (C=O) groups is 1. The van der Waals surface area contributed by atoms with E-state index in [2.05, 4.69) is 15.9 Å². The average Bonchev–Trinajstić information content (AvgIpc) is 3.30. The highest BCUT2D eigenvalue weighted by molar-refractivity contribution is 6.03. The Balaban J connectivity index is 1.80. The number of benzene rings is 1. The molecule has 1 saturated carbocycles. The molecule has 0 unspecified atom stereocenters. The van der Waals surface area contributed by atoms with E-state index >= 15 is 0 Å². The van der Waals surface area contributed by atoms with Gasteiger partial charge in [0.15, 0.2) is 5.78 Å². The number of nitriles is 1. The molecule has 0 aliphatic heterocycles. The molecule has 1 aromatic carbocycles. The van der Waals surface area contributed by atoms with Crippen LogP contribution >= 0.6 is 0 Å². The van der Waals surface area contributed by atoms with Crippen molar-refractivity contribution in [1.82, 2.24) is 9.61 Å². The first kappa shape index (κ1) is 22.6. The fraction of sp³-hybridized carbons (Fsp3) is 0.375. The molecule has 0 N–H and O–H groups in total. The number of hydrogen-bond donors (Lipinski definition) is 0. The zero-order valence-electron chi connectivity index (χ0n) is 18.3. The van der Waals surface area contributed by atoms with E-state index in [1.807, 2.05) is 0 Å². The van der Waals surface area contributed by atoms with E-state index in [1.165, 1.54) is 13.2 Å². The summed E-state index contributed by atoms with van der Waals surface area (Å²) in [4.78, 5) is 12.8. The molecule has 172 valence electrons. The van der Waals surface area contributed by atoms with Crippen LogP contribution in [0, 0.1) is 17.2 Å². The Bertz CT molecular complexity index is 1260. The van der Waals surface area contributed by atoms with Crippen LogP contribution in [-0.4, -0.2) is 35.3 Å². The van der Waals surface area contributed by atoms with Crippen LogP contribution in [0.15, 0.2) is 36.7 Å². The first-order chi connectivity index (χ1) is 15.6. The minimum Gasteiger partial charge on any atom is -0.496 e. The fourth-order valence-corrected chi connectivity index (χ4v) is 3.77. The van der Waals surface area contributed by atoms with Crippen molar-refractivity contribution < 1.29 is 27.4 Å². The molecule has 9 heteroatoms. The van der Waals surface area contributed by atoms with Gasteiger partial charge in [0.1, 0.15) is 23.2 Å². The number of alkyl halides is 3. The number of aromatic nitrogens is 2. The predicted molar refractivity (Wildman–Crippen MR) is 114 cm³/mol. The third kappa shape index (κ3) is 4.38. The largest absolute Gasteiger partial charge is 0.496 e. The van der Waals surface area contributed by atoms with Gasteiger partial charge in [-0.05, 0) is 49.6 Å². The second kappa shape index (κ2) is 8.43. The normalized spacial score (nSPS) is 17.8. The van der Waals surface area contributed by atoms with Crippen LogP contribution < -0.4 is 9.47 Å². The summed E-state index contributed by atoms with van der Waals surface area (Å²) in [5, 5.41) is 13.7. The summed E-state index contributed by atoms with van der Waals surface area (Å²) in [7, 11) is 1.32. The number of ether oxygens (including phenoxy) is 2. The summed E-state index contributed by atoms with van der Waals surface area (Å²) in [5.41, 5.74) is 1.63. The maximum Gasteiger partial charge on any atom is 0.387 e. The highest BCUT2D eigenvalue weighted by Gasteiger charge is 2.40. The minimum atomic E-state index is -3.16. The maximum atomic E-state index is 13.3. The zero-order valence-corrected chi connectivity index (χ0v) is 18.3. The number of Topliss-reactive ketones (excluding diaryl/α,β-unsaturated/α-hetero) is 1. The number of nitrogens with zero attached hydrogens (tertiary/aromatic N) is 3. The maximum absolute atomic E-state index is 13.3. The van der Waals surface area contributed by atoms with Crippen molar-refractivity contribution in [2.24, 2.45) is 5.92 Å². The lowest BCUT2D eigenvalue weighted by Crippen LogP contribution is -2.14. The van der Waals surface area contributed by atoms with E-state index < -0.39 is 29.9 Å². The highest BCUT2D eigenvalue weighted by atomic mass is 19.3. The van der Waals surface area contributed by atoms with E-state index in [4.69, 9.17) is 4.74 Å². The molecule has 2 aromatic heterocycles. The summed E-state index contributed by atoms with van der Waals surface area (Å²) in [5.74, 6) is -1.19. The molecule has 6 nitrogen and oxygen atoms in total. The molecule has 2 atom stereocenters. The third-order valence-electron chi connectivity index (χ3n) is 5.89. The van der Waals surface area contributed by atoms with Gasteiger partial charge in [-0.25, -0.2) is 8.91 Å². The topological polar surface area (TPSA) is 76.6 Å². The van der Waals surface area contributed by atoms with Crippen LogP contribution in [0.3, 0.4) is 0 Å². The second-order valence-electron chi connectivity index (χ2n) is 8.61. The summed E-state index contributed by atoms with van der Waals surface area (Å²) < 4.78 is 51.3. The number of carbonyl (C=O) groups excluding carboxylic acids is 1. The smallest absolute Gasteiger partial charge is 0.387 e. The summed E-state index contributed by atoms with van der Waals surface area (Å²) >= 11 is 0. The molecular weight excluding hydrogens is 435 g/mol. The zero-order chi connectivity index (χ0) is 23.9. The van der Waals surface area contributed by atoms with Gasteiger partial charge in [-0.3, -0.25) is 4.79 Å². The first-order valence-electron chi connectivity index (χ1n) is 10.4. The molecule has 33 heavy (non-hydrogen) atoms. The molecule has 0 radical (unpaired) electrons. The first-order valence-corrected chi connectivity index (χ1v) is 10.4. The predicted octanol–water partition coefficient (Wildman–Crippen LogP) is 5.34. The number of methoxy groups -OCH3 is 1. The van der Waals surface area contributed by atoms with Gasteiger partial charge in [0.2, 0.25) is 0 Å². The van der Waals surface area contributed by atoms with Gasteiger partial charge in [0.25, 0.3) is 0 Å². The van der Waals surface area contributed by atoms with Crippen molar-refractivity contribution >= 4 is 11.3 Å². The van der Waals surface area contributed by atoms with Gasteiger partial charge in [0.05, 0.1) is 30.3 Å². The van der Waals surface area contributed by atoms with E-state index in [-0.39, 0.29) is 29.9 Å². The van der Waals surface area contributed by atoms with Gasteiger partial charge in [-0.2, -0.15) is 19.1 Å². The molecule has 3 aromatic rings. The fourth-order valence-electron chi connectivity index (χ4n) is 3.77. The summed E-state index contributed by atoms with van der Waals surface area (Å²) in [6.07, 6.45) is 2.41. The second-order valence-corrected chi connectivity index (χ2v) is 8.61. The van der Waals surface area contributed by atoms with Crippen LogP contribution in [0.25, 0.3) is 16.6 Å². The number of fused-ring (bicyclic) bond motifs is 1. The standard InChI is InChI=1S/C24H22F3N3O3/c1-24(2,12-28)15-4-5-18-16(10-29-30(18)11-15)13-8-20(32-3)22(21(9-13)33-23(26)27)19(31)7-14-6-17(14)25/h4-5,8-11,14,17,23H,6-7H2,1-3H3/t14-,17-/m1/s1. The van der Waals surface area contributed by atoms with Gasteiger partial charge >= 0.3 is 6.61 Å². The lowest BCUT2D eigenvalue weighted by molar-refractivity contribution is -0.0502. The average molecular weight is 457 g/mol. The Morgan fingerprint density at radius 1 is 1.33 bits per heavy atom. The van der Waals surface area contributed by atoms with E-state index in [0.717, 1.165) is 5.56 Å². The van der Waals surface area contributed by atoms with Crippen LogP contribution in [0.1, 0.15) is 42.6 Å². The molecule has 1 aliphatic rings. The molecule has 0 saturated heterocycles. The van der Waals surface area contributed by atoms with Crippen molar-refractivity contribution in [3.63, 3.8) is 0 Å². The third-order valence-corrected chi connectivity index (χ3v) is 5.89. The number of ketones is 1. The van der Waals surface area contributed by atoms with Crippen molar-refractivity contribution in [3.05, 3.63) is 47.8 Å². The molecule has 1 aliphatic carbocycles. The van der Waals surface area contributed by atoms with Crippen LogP contribution in [0.4, 0.5) is 13.2 Å². The Labute approximate surface area is 188 Å². The minimum absolute atomic E-state index is 0.0609. The van der Waals surface area contributed by atoms with Crippen molar-refractivity contribution in [2.45, 2.75) is 44.9 Å². The molecule has 0 bridgehead atoms. The summed E-state index contributed by atoms with van der Waals surface area (Å²) in [6, 6.07) is 8.71.